The van der Waals surface area contributed by atoms with Crippen molar-refractivity contribution in [3.05, 3.63) is 257 Å². The van der Waals surface area contributed by atoms with E-state index in [9.17, 15) is 58.7 Å². The number of anilines is 1. The summed E-state index contributed by atoms with van der Waals surface area (Å²) in [6.07, 6.45) is -7.16. The fraction of sp³-hybridized carbons (Fsp3) is 0.149. The number of aliphatic carboxylic acids is 1. The number of ether oxygens (including phenoxy) is 1. The number of carboxylic acid groups (broad SMARTS) is 1. The van der Waals surface area contributed by atoms with Crippen molar-refractivity contribution in [2.45, 2.75) is 67.0 Å². The van der Waals surface area contributed by atoms with Crippen molar-refractivity contribution in [2.75, 3.05) is 12.4 Å². The van der Waals surface area contributed by atoms with Crippen LogP contribution in [0.4, 0.5) is 45.2 Å². The number of carboxylic acids is 1. The van der Waals surface area contributed by atoms with Crippen molar-refractivity contribution in [1.82, 2.24) is 36.1 Å². The second-order valence-corrected chi connectivity index (χ2v) is 21.0. The molecular formula is C74H67ClF9N8NaO11. The van der Waals surface area contributed by atoms with E-state index >= 15 is 0 Å². The van der Waals surface area contributed by atoms with E-state index in [1.54, 1.807) is 68.0 Å². The Bertz CT molecular complexity index is 4810. The zero-order chi connectivity index (χ0) is 72.0. The Balaban J connectivity index is 0.000000486. The number of carbonyl (C=O) groups excluding carboxylic acids is 6. The first-order chi connectivity index (χ1) is 47.2. The van der Waals surface area contributed by atoms with E-state index in [-0.39, 0.29) is 118 Å². The molecule has 30 heteroatoms. The number of benzene rings is 6. The smallest absolute Gasteiger partial charge is 0.544 e. The van der Waals surface area contributed by atoms with E-state index in [0.29, 0.717) is 51.6 Å². The molecule has 0 radical (unpaired) electrons. The average Bonchev–Trinajstić information content (AvgIpc) is 1.64. The number of pyridine rings is 3. The van der Waals surface area contributed by atoms with Crippen molar-refractivity contribution in [2.24, 2.45) is 0 Å². The molecule has 0 aliphatic carbocycles. The van der Waals surface area contributed by atoms with Gasteiger partial charge in [-0.3, -0.25) is 24.0 Å². The van der Waals surface area contributed by atoms with Gasteiger partial charge in [0.05, 0.1) is 57.9 Å². The number of ketones is 3. The van der Waals surface area contributed by atoms with Crippen LogP contribution >= 0.6 is 0 Å². The number of fused-ring (bicyclic) bond motifs is 3. The molecule has 19 nitrogen and oxygen atoms in total. The molecule has 0 aliphatic heterocycles. The van der Waals surface area contributed by atoms with Crippen LogP contribution < -0.4 is 55.1 Å². The summed E-state index contributed by atoms with van der Waals surface area (Å²) in [5.74, 6) is -0.935. The van der Waals surface area contributed by atoms with Crippen LogP contribution in [0.25, 0.3) is 66.5 Å². The Morgan fingerprint density at radius 2 is 0.846 bits per heavy atom. The van der Waals surface area contributed by atoms with Crippen molar-refractivity contribution in [1.29, 1.82) is 0 Å². The number of nitrogens with zero attached hydrogens (tertiary/aromatic N) is 3. The second-order valence-electron chi connectivity index (χ2n) is 20.9. The van der Waals surface area contributed by atoms with Gasteiger partial charge in [0.1, 0.15) is 22.8 Å². The third-order valence-electron chi connectivity index (χ3n) is 14.2. The molecule has 1 amide bonds. The molecule has 0 fully saturated rings. The number of hydrogen-bond acceptors (Lipinski definition) is 14. The number of rotatable bonds is 15. The molecule has 6 aromatic carbocycles. The molecular weight excluding hydrogens is 1410 g/mol. The van der Waals surface area contributed by atoms with E-state index < -0.39 is 52.5 Å². The van der Waals surface area contributed by atoms with Crippen LogP contribution in [0.3, 0.4) is 0 Å². The summed E-state index contributed by atoms with van der Waals surface area (Å²) in [6.45, 7) is 1.08. The fourth-order valence-corrected chi connectivity index (χ4v) is 9.61. The van der Waals surface area contributed by atoms with Crippen molar-refractivity contribution in [3.63, 3.8) is 0 Å². The third-order valence-corrected chi connectivity index (χ3v) is 14.2. The molecule has 0 spiro atoms. The number of alkyl halides is 9. The minimum atomic E-state index is -4.42. The van der Waals surface area contributed by atoms with Gasteiger partial charge in [0, 0.05) is 94.2 Å². The fourth-order valence-electron chi connectivity index (χ4n) is 9.61. The number of Topliss-reactive ketones (excluding diaryl/α,β-unsaturated/α-hetero) is 3. The molecule has 540 valence electrons. The largest absolute Gasteiger partial charge is 1.00 e. The van der Waals surface area contributed by atoms with Gasteiger partial charge < -0.3 is 45.6 Å². The third kappa shape index (κ3) is 25.2. The van der Waals surface area contributed by atoms with E-state index in [1.807, 2.05) is 72.9 Å². The first kappa shape index (κ1) is 89.1. The summed E-state index contributed by atoms with van der Waals surface area (Å²) in [5.41, 5.74) is 7.74. The van der Waals surface area contributed by atoms with Crippen molar-refractivity contribution < 1.29 is 133 Å². The predicted octanol–water partition coefficient (Wildman–Crippen LogP) is 12.8. The van der Waals surface area contributed by atoms with E-state index in [2.05, 4.69) is 35.2 Å². The van der Waals surface area contributed by atoms with Crippen molar-refractivity contribution >= 4 is 74.3 Å². The van der Waals surface area contributed by atoms with Crippen LogP contribution in [0.1, 0.15) is 94.0 Å². The molecule has 0 unspecified atom stereocenters. The van der Waals surface area contributed by atoms with Gasteiger partial charge in [-0.25, -0.2) is 15.0 Å². The molecule has 0 saturated heterocycles. The van der Waals surface area contributed by atoms with Gasteiger partial charge in [-0.15, -0.1) is 0 Å². The van der Waals surface area contributed by atoms with Crippen LogP contribution in [-0.4, -0.2) is 78.0 Å². The van der Waals surface area contributed by atoms with Crippen LogP contribution in [0, 0.1) is 11.3 Å². The summed E-state index contributed by atoms with van der Waals surface area (Å²) in [4.78, 5) is 96.5. The number of carbonyl (C=O) groups is 5. The summed E-state index contributed by atoms with van der Waals surface area (Å²) in [5, 5.41) is 12.8. The maximum Gasteiger partial charge on any atom is 1.00 e. The number of H-pyrrole nitrogens is 3. The van der Waals surface area contributed by atoms with Gasteiger partial charge in [-0.05, 0) is 132 Å². The second kappa shape index (κ2) is 41.2. The van der Waals surface area contributed by atoms with Gasteiger partial charge in [-0.2, -0.15) is 49.1 Å². The molecule has 0 saturated carbocycles. The molecule has 104 heavy (non-hydrogen) atoms. The summed E-state index contributed by atoms with van der Waals surface area (Å²) in [6, 6.07) is 48.2. The molecule has 6 aromatic heterocycles. The number of methoxy groups -OCH3 is 1. The SMILES string of the molecule is C.C.C.CC(=O)O.COc1c[nH]c2ccc(-c3cccc(C(=O)Cc4ccc(C(F)(F)F)cc4)n3)cc12.N.O=C(Cc1ccc(C(F)(F)F)cc1)c1cccc(-c2ccc3[nH]ccc3c2)n1.O=C=O.O=CNc1c[nH]c2ccc(-c3cccc(C(=O)Cc4ccc(C(F)(F)F)cc4)n3)cc12.[Na+].[O-][Cl+][O-]. The average molecular weight is 1470 g/mol. The van der Waals surface area contributed by atoms with Gasteiger partial charge in [0.25, 0.3) is 5.97 Å². The molecule has 0 aliphatic rings. The Morgan fingerprint density at radius 3 is 1.19 bits per heavy atom. The van der Waals surface area contributed by atoms with Gasteiger partial charge in [0.2, 0.25) is 6.41 Å². The Hall–Kier alpha value is -10.9. The predicted molar refractivity (Wildman–Crippen MR) is 363 cm³/mol. The summed E-state index contributed by atoms with van der Waals surface area (Å²) in [7, 11) is 1.59. The summed E-state index contributed by atoms with van der Waals surface area (Å²) >= 11 is -0.417. The number of nitrogens with one attached hydrogen (secondary N) is 4. The van der Waals surface area contributed by atoms with Gasteiger partial charge in [0.15, 0.2) is 17.3 Å². The zero-order valence-electron chi connectivity index (χ0n) is 53.2. The molecule has 0 atom stereocenters. The quantitative estimate of drug-likeness (QED) is 0.0240. The maximum atomic E-state index is 12.7. The first-order valence-electron chi connectivity index (χ1n) is 28.8. The van der Waals surface area contributed by atoms with Crippen molar-refractivity contribution in [3.8, 4) is 39.5 Å². The molecule has 0 bridgehead atoms. The number of aromatic nitrogens is 6. The van der Waals surface area contributed by atoms with E-state index in [1.165, 1.54) is 36.4 Å². The number of aromatic amines is 3. The molecule has 12 rings (SSSR count). The Kier molecular flexibility index (Phi) is 35.3. The molecule has 6 heterocycles. The Morgan fingerprint density at radius 1 is 0.519 bits per heavy atom. The molecule has 8 N–H and O–H groups in total. The van der Waals surface area contributed by atoms with Gasteiger partial charge >= 0.3 is 54.2 Å². The maximum absolute atomic E-state index is 12.7. The number of halogens is 10. The minimum Gasteiger partial charge on any atom is -0.544 e. The first-order valence-corrected chi connectivity index (χ1v) is 29.4. The monoisotopic (exact) mass is 1470 g/mol. The number of amides is 1. The van der Waals surface area contributed by atoms with Crippen LogP contribution in [0.15, 0.2) is 207 Å². The zero-order valence-corrected chi connectivity index (χ0v) is 55.9. The van der Waals surface area contributed by atoms with E-state index in [0.717, 1.165) is 92.7 Å². The minimum absolute atomic E-state index is 0. The molecule has 12 aromatic rings. The number of hydrogen-bond donors (Lipinski definition) is 6. The Labute approximate surface area is 615 Å². The van der Waals surface area contributed by atoms with Gasteiger partial charge in [-0.1, -0.05) is 95.1 Å². The normalized spacial score (nSPS) is 10.4. The topological polar surface area (TPSA) is 328 Å². The standard InChI is InChI=1S/C23H16F3N3O2.C23H17F3N2O2.C22H15F3N2O.C2H4O2.CO2.3CH4.ClO2.H3N.Na/c24-23(25,26)16-7-4-14(5-8-16)10-22(31)20-3-1-2-18(29-20)15-6-9-19-17(11-15)21(12-27-19)28-13-30;1-30-22-13-27-19-10-7-15(12-17(19)22)18-3-2-4-20(28-18)21(29)11-14-5-8-16(9-6-14)23(24,25)26;23-22(24,25)17-7-4-14(5-8-17)12-21(28)20-3-1-2-19(27-20)15-6-9-18-16(13-15)10-11-26-18;1-2(3)4;2-1-3;;;;2-1-3;;/h1-9,11-13,27H,10H2,(H,28,30);2-10,12-13,27H,11H2,1H3;1-11,13,26H,12H2;1H3,(H,3,4);;3*1H4;;1H3;/q;;;;;;;;-1;;+1. The van der Waals surface area contributed by atoms with Crippen LogP contribution in [0.2, 0.25) is 0 Å². The van der Waals surface area contributed by atoms with Crippen LogP contribution in [0.5, 0.6) is 5.75 Å². The van der Waals surface area contributed by atoms with E-state index in [4.69, 9.17) is 33.5 Å². The summed E-state index contributed by atoms with van der Waals surface area (Å²) < 4.78 is 136. The van der Waals surface area contributed by atoms with Crippen LogP contribution in [-0.2, 0) is 57.0 Å².